The molecule has 0 aliphatic rings. The third-order valence-electron chi connectivity index (χ3n) is 4.70. The van der Waals surface area contributed by atoms with Crippen molar-refractivity contribution in [2.45, 2.75) is 0 Å². The maximum atomic E-state index is 12.1. The third-order valence-corrected chi connectivity index (χ3v) is 5.25. The monoisotopic (exact) mass is 528 g/mol. The van der Waals surface area contributed by atoms with Gasteiger partial charge < -0.3 is 15.4 Å². The average molecular weight is 529 g/mol. The molecule has 0 aromatic heterocycles. The Morgan fingerprint density at radius 1 is 0.694 bits per heavy atom. The molecule has 36 heavy (non-hydrogen) atoms. The summed E-state index contributed by atoms with van der Waals surface area (Å²) in [5.41, 5.74) is 6.57. The first kappa shape index (κ1) is 26.5. The minimum absolute atomic E-state index is 0.142. The molecular weight excluding hydrogens is 507 g/mol. The number of amides is 4. The summed E-state index contributed by atoms with van der Waals surface area (Å²) >= 11 is 11.7. The van der Waals surface area contributed by atoms with Crippen molar-refractivity contribution in [3.63, 3.8) is 0 Å². The van der Waals surface area contributed by atoms with E-state index in [2.05, 4.69) is 21.5 Å². The van der Waals surface area contributed by atoms with E-state index in [1.807, 2.05) is 42.5 Å². The van der Waals surface area contributed by atoms with Gasteiger partial charge in [0.2, 0.25) is 5.91 Å². The summed E-state index contributed by atoms with van der Waals surface area (Å²) in [6.07, 6.45) is 0. The van der Waals surface area contributed by atoms with E-state index in [0.29, 0.717) is 10.8 Å². The fourth-order valence-electron chi connectivity index (χ4n) is 2.91. The molecule has 3 rings (SSSR count). The predicted octanol–water partition coefficient (Wildman–Crippen LogP) is 2.73. The highest BCUT2D eigenvalue weighted by Crippen LogP contribution is 2.22. The summed E-state index contributed by atoms with van der Waals surface area (Å²) in [7, 11) is 0. The molecular formula is C25H22Cl2N4O5. The van der Waals surface area contributed by atoms with Gasteiger partial charge in [-0.2, -0.15) is 0 Å². The number of hydrogen-bond donors (Lipinski definition) is 4. The molecule has 3 aromatic carbocycles. The molecule has 3 aromatic rings. The van der Waals surface area contributed by atoms with Gasteiger partial charge in [-0.25, -0.2) is 0 Å². The lowest BCUT2D eigenvalue weighted by Gasteiger charge is -2.10. The Morgan fingerprint density at radius 3 is 2.03 bits per heavy atom. The minimum Gasteiger partial charge on any atom is -0.484 e. The van der Waals surface area contributed by atoms with E-state index in [-0.39, 0.29) is 23.7 Å². The van der Waals surface area contributed by atoms with Crippen LogP contribution >= 0.6 is 23.2 Å². The van der Waals surface area contributed by atoms with Gasteiger partial charge >= 0.3 is 0 Å². The minimum atomic E-state index is -0.670. The topological polar surface area (TPSA) is 126 Å². The lowest BCUT2D eigenvalue weighted by atomic mass is 10.1. The Hall–Kier alpha value is -4.08. The molecule has 186 valence electrons. The molecule has 0 aliphatic carbocycles. The number of carbonyl (C=O) groups is 4. The Morgan fingerprint density at radius 2 is 1.33 bits per heavy atom. The maximum Gasteiger partial charge on any atom is 0.276 e. The number of ether oxygens (including phenoxy) is 1. The number of nitrogens with one attached hydrogen (secondary N) is 4. The number of hydrogen-bond acceptors (Lipinski definition) is 5. The van der Waals surface area contributed by atoms with Crippen LogP contribution in [-0.2, 0) is 14.4 Å². The fraction of sp³-hybridized carbons (Fsp3) is 0.120. The average Bonchev–Trinajstić information content (AvgIpc) is 2.89. The molecule has 0 heterocycles. The normalized spacial score (nSPS) is 10.2. The number of halogens is 2. The summed E-state index contributed by atoms with van der Waals surface area (Å²) in [5.74, 6) is -1.95. The van der Waals surface area contributed by atoms with E-state index < -0.39 is 30.2 Å². The molecule has 0 bridgehead atoms. The quantitative estimate of drug-likeness (QED) is 0.318. The molecule has 0 aliphatic heterocycles. The van der Waals surface area contributed by atoms with Crippen LogP contribution in [0.4, 0.5) is 0 Å². The molecule has 9 nitrogen and oxygen atoms in total. The summed E-state index contributed by atoms with van der Waals surface area (Å²) in [4.78, 5) is 47.7. The van der Waals surface area contributed by atoms with Gasteiger partial charge in [0.15, 0.2) is 6.61 Å². The molecule has 0 spiro atoms. The van der Waals surface area contributed by atoms with Crippen LogP contribution in [0.5, 0.6) is 5.75 Å². The molecule has 0 fully saturated rings. The van der Waals surface area contributed by atoms with E-state index in [4.69, 9.17) is 27.9 Å². The van der Waals surface area contributed by atoms with Gasteiger partial charge in [0.25, 0.3) is 17.7 Å². The predicted molar refractivity (Wildman–Crippen MR) is 135 cm³/mol. The number of hydrazine groups is 1. The van der Waals surface area contributed by atoms with E-state index in [9.17, 15) is 19.2 Å². The van der Waals surface area contributed by atoms with Gasteiger partial charge in [-0.3, -0.25) is 30.0 Å². The summed E-state index contributed by atoms with van der Waals surface area (Å²) in [6.45, 7) is -1.12. The van der Waals surface area contributed by atoms with Crippen LogP contribution in [-0.4, -0.2) is 43.3 Å². The molecule has 0 saturated heterocycles. The Bertz CT molecular complexity index is 1240. The molecule has 4 N–H and O–H groups in total. The Kier molecular flexibility index (Phi) is 9.67. The highest BCUT2D eigenvalue weighted by Gasteiger charge is 2.13. The summed E-state index contributed by atoms with van der Waals surface area (Å²) in [6, 6.07) is 21.4. The largest absolute Gasteiger partial charge is 0.484 e. The van der Waals surface area contributed by atoms with E-state index in [1.165, 1.54) is 18.2 Å². The van der Waals surface area contributed by atoms with Gasteiger partial charge in [0.05, 0.1) is 23.7 Å². The molecule has 11 heteroatoms. The van der Waals surface area contributed by atoms with Crippen molar-refractivity contribution in [3.05, 3.63) is 88.4 Å². The van der Waals surface area contributed by atoms with Crippen molar-refractivity contribution in [2.24, 2.45) is 0 Å². The lowest BCUT2D eigenvalue weighted by molar-refractivity contribution is -0.130. The molecule has 0 saturated carbocycles. The van der Waals surface area contributed by atoms with Crippen molar-refractivity contribution >= 4 is 46.8 Å². The molecule has 0 unspecified atom stereocenters. The van der Waals surface area contributed by atoms with Crippen LogP contribution < -0.4 is 26.2 Å². The van der Waals surface area contributed by atoms with Crippen molar-refractivity contribution in [1.82, 2.24) is 21.5 Å². The van der Waals surface area contributed by atoms with Crippen LogP contribution in [0, 0.1) is 0 Å². The fourth-order valence-corrected chi connectivity index (χ4v) is 3.41. The van der Waals surface area contributed by atoms with E-state index >= 15 is 0 Å². The highest BCUT2D eigenvalue weighted by atomic mass is 35.5. The zero-order valence-electron chi connectivity index (χ0n) is 18.8. The smallest absolute Gasteiger partial charge is 0.276 e. The standard InChI is InChI=1S/C25H22Cl2N4O5/c26-18-8-11-20(21(27)12-18)25(35)29-13-22(32)28-14-23(33)30-31-24(34)15-36-19-9-6-17(7-10-19)16-4-2-1-3-5-16/h1-12H,13-15H2,(H,28,32)(H,29,35)(H,30,33)(H,31,34). The zero-order chi connectivity index (χ0) is 25.9. The van der Waals surface area contributed by atoms with Crippen LogP contribution in [0.1, 0.15) is 10.4 Å². The van der Waals surface area contributed by atoms with Crippen molar-refractivity contribution in [1.29, 1.82) is 0 Å². The first-order chi connectivity index (χ1) is 17.3. The number of benzene rings is 3. The second-order valence-corrected chi connectivity index (χ2v) is 8.20. The van der Waals surface area contributed by atoms with Gasteiger partial charge in [0, 0.05) is 5.02 Å². The van der Waals surface area contributed by atoms with Gasteiger partial charge in [-0.1, -0.05) is 65.7 Å². The second kappa shape index (κ2) is 13.1. The summed E-state index contributed by atoms with van der Waals surface area (Å²) in [5, 5.41) is 5.21. The van der Waals surface area contributed by atoms with Gasteiger partial charge in [0.1, 0.15) is 5.75 Å². The SMILES string of the molecule is O=C(CNC(=O)c1ccc(Cl)cc1Cl)NCC(=O)NNC(=O)COc1ccc(-c2ccccc2)cc1. The molecule has 0 radical (unpaired) electrons. The maximum absolute atomic E-state index is 12.1. The Labute approximate surface area is 217 Å². The zero-order valence-corrected chi connectivity index (χ0v) is 20.4. The van der Waals surface area contributed by atoms with Crippen LogP contribution in [0.3, 0.4) is 0 Å². The Balaban J connectivity index is 1.31. The third kappa shape index (κ3) is 8.30. The second-order valence-electron chi connectivity index (χ2n) is 7.36. The highest BCUT2D eigenvalue weighted by molar-refractivity contribution is 6.36. The van der Waals surface area contributed by atoms with Gasteiger partial charge in [-0.15, -0.1) is 0 Å². The van der Waals surface area contributed by atoms with Crippen LogP contribution in [0.25, 0.3) is 11.1 Å². The lowest BCUT2D eigenvalue weighted by Crippen LogP contribution is -2.48. The van der Waals surface area contributed by atoms with E-state index in [0.717, 1.165) is 11.1 Å². The molecule has 0 atom stereocenters. The van der Waals surface area contributed by atoms with Crippen molar-refractivity contribution in [2.75, 3.05) is 19.7 Å². The number of carbonyl (C=O) groups excluding carboxylic acids is 4. The van der Waals surface area contributed by atoms with Crippen LogP contribution in [0.2, 0.25) is 10.0 Å². The number of rotatable bonds is 9. The van der Waals surface area contributed by atoms with Crippen molar-refractivity contribution in [3.8, 4) is 16.9 Å². The van der Waals surface area contributed by atoms with Gasteiger partial charge in [-0.05, 0) is 41.5 Å². The molecule has 4 amide bonds. The van der Waals surface area contributed by atoms with Crippen molar-refractivity contribution < 1.29 is 23.9 Å². The first-order valence-corrected chi connectivity index (χ1v) is 11.4. The van der Waals surface area contributed by atoms with Crippen LogP contribution in [0.15, 0.2) is 72.8 Å². The van der Waals surface area contributed by atoms with E-state index in [1.54, 1.807) is 12.1 Å². The summed E-state index contributed by atoms with van der Waals surface area (Å²) < 4.78 is 5.40. The first-order valence-electron chi connectivity index (χ1n) is 10.7.